The Morgan fingerprint density at radius 3 is 2.17 bits per heavy atom. The third-order valence-corrected chi connectivity index (χ3v) is 4.82. The number of amides is 2. The molecule has 0 saturated carbocycles. The first-order valence-corrected chi connectivity index (χ1v) is 10.2. The van der Waals surface area contributed by atoms with Crippen LogP contribution < -0.4 is 10.1 Å². The molecular weight excluding hydrogens is 364 g/mol. The number of likely N-dealkylation sites (N-methyl/N-ethyl adjacent to an activating group) is 1. The van der Waals surface area contributed by atoms with Crippen molar-refractivity contribution in [1.82, 2.24) is 10.2 Å². The number of aryl methyl sites for hydroxylation is 2. The van der Waals surface area contributed by atoms with Gasteiger partial charge in [-0.2, -0.15) is 0 Å². The molecule has 1 N–H and O–H groups in total. The van der Waals surface area contributed by atoms with Crippen molar-refractivity contribution in [2.24, 2.45) is 0 Å². The van der Waals surface area contributed by atoms with Gasteiger partial charge in [0.15, 0.2) is 0 Å². The molecule has 29 heavy (non-hydrogen) atoms. The Morgan fingerprint density at radius 2 is 1.59 bits per heavy atom. The van der Waals surface area contributed by atoms with Crippen molar-refractivity contribution in [2.75, 3.05) is 13.2 Å². The maximum atomic E-state index is 12.9. The second kappa shape index (κ2) is 11.2. The predicted octanol–water partition coefficient (Wildman–Crippen LogP) is 4.02. The fourth-order valence-electron chi connectivity index (χ4n) is 2.99. The minimum Gasteiger partial charge on any atom is -0.494 e. The van der Waals surface area contributed by atoms with Gasteiger partial charge >= 0.3 is 0 Å². The molecule has 0 unspecified atom stereocenters. The van der Waals surface area contributed by atoms with E-state index in [0.29, 0.717) is 32.5 Å². The van der Waals surface area contributed by atoms with Crippen LogP contribution in [0, 0.1) is 13.8 Å². The van der Waals surface area contributed by atoms with E-state index in [9.17, 15) is 9.59 Å². The summed E-state index contributed by atoms with van der Waals surface area (Å²) in [6.45, 7) is 9.12. The number of nitrogens with zero attached hydrogens (tertiary/aromatic N) is 1. The first kappa shape index (κ1) is 22.5. The topological polar surface area (TPSA) is 58.6 Å². The molecule has 5 heteroatoms. The zero-order chi connectivity index (χ0) is 21.2. The van der Waals surface area contributed by atoms with Gasteiger partial charge in [-0.3, -0.25) is 9.59 Å². The highest BCUT2D eigenvalue weighted by Crippen LogP contribution is 2.14. The van der Waals surface area contributed by atoms with Crippen LogP contribution in [-0.2, 0) is 16.1 Å². The Hall–Kier alpha value is -2.82. The Kier molecular flexibility index (Phi) is 8.71. The zero-order valence-corrected chi connectivity index (χ0v) is 17.9. The van der Waals surface area contributed by atoms with E-state index >= 15 is 0 Å². The Morgan fingerprint density at radius 1 is 1.00 bits per heavy atom. The van der Waals surface area contributed by atoms with E-state index in [1.165, 1.54) is 5.56 Å². The van der Waals surface area contributed by atoms with Crippen LogP contribution in [0.1, 0.15) is 43.4 Å². The molecule has 0 radical (unpaired) electrons. The lowest BCUT2D eigenvalue weighted by Gasteiger charge is -2.29. The van der Waals surface area contributed by atoms with E-state index in [-0.39, 0.29) is 11.8 Å². The highest BCUT2D eigenvalue weighted by atomic mass is 16.5. The van der Waals surface area contributed by atoms with Crippen LogP contribution in [0.25, 0.3) is 0 Å². The third-order valence-electron chi connectivity index (χ3n) is 4.82. The van der Waals surface area contributed by atoms with Gasteiger partial charge < -0.3 is 15.0 Å². The minimum absolute atomic E-state index is 0.0446. The second-order valence-corrected chi connectivity index (χ2v) is 7.34. The lowest BCUT2D eigenvalue weighted by atomic mass is 10.1. The summed E-state index contributed by atoms with van der Waals surface area (Å²) in [7, 11) is 0. The largest absolute Gasteiger partial charge is 0.494 e. The van der Waals surface area contributed by atoms with Gasteiger partial charge in [-0.25, -0.2) is 0 Å². The standard InChI is InChI=1S/C24H32N2O3/c1-5-25-24(28)20(4)26(17-21-12-8-18(2)9-13-21)23(27)7-6-16-29-22-14-10-19(3)11-15-22/h8-15,20H,5-7,16-17H2,1-4H3,(H,25,28)/t20-/m1/s1. The average Bonchev–Trinajstić information content (AvgIpc) is 2.71. The number of ether oxygens (including phenoxy) is 1. The van der Waals surface area contributed by atoms with Gasteiger partial charge in [-0.1, -0.05) is 47.5 Å². The summed E-state index contributed by atoms with van der Waals surface area (Å²) in [6.07, 6.45) is 0.931. The van der Waals surface area contributed by atoms with Gasteiger partial charge in [-0.15, -0.1) is 0 Å². The van der Waals surface area contributed by atoms with E-state index in [2.05, 4.69) is 5.32 Å². The SMILES string of the molecule is CCNC(=O)[C@@H](C)N(Cc1ccc(C)cc1)C(=O)CCCOc1ccc(C)cc1. The van der Waals surface area contributed by atoms with Crippen LogP contribution >= 0.6 is 0 Å². The molecule has 0 bridgehead atoms. The average molecular weight is 397 g/mol. The molecule has 1 atom stereocenters. The van der Waals surface area contributed by atoms with Crippen LogP contribution in [0.4, 0.5) is 0 Å². The van der Waals surface area contributed by atoms with Gasteiger partial charge in [0.1, 0.15) is 11.8 Å². The number of carbonyl (C=O) groups excluding carboxylic acids is 2. The molecule has 2 aromatic rings. The van der Waals surface area contributed by atoms with Gasteiger partial charge in [-0.05, 0) is 51.8 Å². The van der Waals surface area contributed by atoms with Crippen molar-refractivity contribution in [3.8, 4) is 5.75 Å². The van der Waals surface area contributed by atoms with Gasteiger partial charge in [0.25, 0.3) is 0 Å². The second-order valence-electron chi connectivity index (χ2n) is 7.34. The fraction of sp³-hybridized carbons (Fsp3) is 0.417. The quantitative estimate of drug-likeness (QED) is 0.617. The molecule has 0 saturated heterocycles. The molecule has 5 nitrogen and oxygen atoms in total. The number of rotatable bonds is 10. The van der Waals surface area contributed by atoms with Crippen molar-refractivity contribution in [1.29, 1.82) is 0 Å². The maximum Gasteiger partial charge on any atom is 0.242 e. The maximum absolute atomic E-state index is 12.9. The van der Waals surface area contributed by atoms with Crippen LogP contribution in [0.2, 0.25) is 0 Å². The smallest absolute Gasteiger partial charge is 0.242 e. The summed E-state index contributed by atoms with van der Waals surface area (Å²) in [5.74, 6) is 0.621. The van der Waals surface area contributed by atoms with Crippen LogP contribution in [0.5, 0.6) is 5.75 Å². The molecule has 0 aliphatic rings. The van der Waals surface area contributed by atoms with Crippen LogP contribution in [0.3, 0.4) is 0 Å². The van der Waals surface area contributed by atoms with Crippen molar-refractivity contribution < 1.29 is 14.3 Å². The van der Waals surface area contributed by atoms with Crippen LogP contribution in [-0.4, -0.2) is 35.9 Å². The first-order valence-electron chi connectivity index (χ1n) is 10.2. The molecule has 0 aliphatic heterocycles. The van der Waals surface area contributed by atoms with E-state index < -0.39 is 6.04 Å². The minimum atomic E-state index is -0.526. The highest BCUT2D eigenvalue weighted by molar-refractivity contribution is 5.87. The third kappa shape index (κ3) is 7.26. The predicted molar refractivity (Wildman–Crippen MR) is 116 cm³/mol. The molecule has 0 aromatic heterocycles. The number of benzene rings is 2. The first-order chi connectivity index (χ1) is 13.9. The lowest BCUT2D eigenvalue weighted by Crippen LogP contribution is -2.47. The van der Waals surface area contributed by atoms with E-state index in [4.69, 9.17) is 4.74 Å². The molecular formula is C24H32N2O3. The summed E-state index contributed by atoms with van der Waals surface area (Å²) in [5, 5.41) is 2.81. The number of nitrogens with one attached hydrogen (secondary N) is 1. The monoisotopic (exact) mass is 396 g/mol. The molecule has 2 rings (SSSR count). The molecule has 0 heterocycles. The number of carbonyl (C=O) groups is 2. The number of hydrogen-bond acceptors (Lipinski definition) is 3. The Labute approximate surface area is 174 Å². The summed E-state index contributed by atoms with van der Waals surface area (Å²) >= 11 is 0. The van der Waals surface area contributed by atoms with Gasteiger partial charge in [0.05, 0.1) is 6.61 Å². The molecule has 156 valence electrons. The summed E-state index contributed by atoms with van der Waals surface area (Å²) in [4.78, 5) is 26.9. The lowest BCUT2D eigenvalue weighted by molar-refractivity contribution is -0.140. The summed E-state index contributed by atoms with van der Waals surface area (Å²) in [5.41, 5.74) is 3.35. The van der Waals surface area contributed by atoms with E-state index in [1.54, 1.807) is 11.8 Å². The van der Waals surface area contributed by atoms with Crippen molar-refractivity contribution in [3.05, 3.63) is 65.2 Å². The van der Waals surface area contributed by atoms with Gasteiger partial charge in [0, 0.05) is 19.5 Å². The number of hydrogen-bond donors (Lipinski definition) is 1. The van der Waals surface area contributed by atoms with E-state index in [1.807, 2.05) is 69.3 Å². The Bertz CT molecular complexity index is 785. The highest BCUT2D eigenvalue weighted by Gasteiger charge is 2.25. The van der Waals surface area contributed by atoms with Crippen molar-refractivity contribution in [3.63, 3.8) is 0 Å². The molecule has 2 amide bonds. The molecule has 0 fully saturated rings. The fourth-order valence-corrected chi connectivity index (χ4v) is 2.99. The normalized spacial score (nSPS) is 11.6. The summed E-state index contributed by atoms with van der Waals surface area (Å²) < 4.78 is 5.72. The molecule has 2 aromatic carbocycles. The zero-order valence-electron chi connectivity index (χ0n) is 17.9. The van der Waals surface area contributed by atoms with Gasteiger partial charge in [0.2, 0.25) is 11.8 Å². The van der Waals surface area contributed by atoms with Crippen molar-refractivity contribution in [2.45, 2.75) is 53.1 Å². The molecule has 0 spiro atoms. The van der Waals surface area contributed by atoms with Crippen molar-refractivity contribution >= 4 is 11.8 Å². The van der Waals surface area contributed by atoms with E-state index in [0.717, 1.165) is 16.9 Å². The Balaban J connectivity index is 1.96. The summed E-state index contributed by atoms with van der Waals surface area (Å²) in [6, 6.07) is 15.4. The molecule has 0 aliphatic carbocycles. The van der Waals surface area contributed by atoms with Crippen LogP contribution in [0.15, 0.2) is 48.5 Å².